The smallest absolute Gasteiger partial charge is 0.224 e. The van der Waals surface area contributed by atoms with E-state index in [9.17, 15) is 4.79 Å². The third-order valence-corrected chi connectivity index (χ3v) is 4.25. The normalized spacial score (nSPS) is 20.0. The Morgan fingerprint density at radius 3 is 2.75 bits per heavy atom. The fourth-order valence-electron chi connectivity index (χ4n) is 2.89. The third kappa shape index (κ3) is 3.56. The summed E-state index contributed by atoms with van der Waals surface area (Å²) in [6, 6.07) is 0.508. The monoisotopic (exact) mass is 277 g/mol. The van der Waals surface area contributed by atoms with Gasteiger partial charge in [-0.2, -0.15) is 0 Å². The summed E-state index contributed by atoms with van der Waals surface area (Å²) in [5, 5.41) is 11.1. The standard InChI is InChI=1S/C14H23N5O/c20-14(5-9-18-10-8-16-17-18)19(13-1-2-13)11-12-3-6-15-7-4-12/h8,10,12-13,15H,1-7,9,11H2. The van der Waals surface area contributed by atoms with Gasteiger partial charge in [-0.15, -0.1) is 5.10 Å². The van der Waals surface area contributed by atoms with E-state index in [0.29, 0.717) is 24.9 Å². The Bertz CT molecular complexity index is 423. The second kappa shape index (κ2) is 6.35. The number of carbonyl (C=O) groups excluding carboxylic acids is 1. The van der Waals surface area contributed by atoms with Gasteiger partial charge in [0.25, 0.3) is 0 Å². The van der Waals surface area contributed by atoms with Crippen molar-refractivity contribution in [2.24, 2.45) is 5.92 Å². The fraction of sp³-hybridized carbons (Fsp3) is 0.786. The van der Waals surface area contributed by atoms with Gasteiger partial charge in [0.1, 0.15) is 0 Å². The molecule has 1 aromatic rings. The van der Waals surface area contributed by atoms with Crippen LogP contribution in [0.3, 0.4) is 0 Å². The van der Waals surface area contributed by atoms with Gasteiger partial charge >= 0.3 is 0 Å². The Morgan fingerprint density at radius 2 is 2.10 bits per heavy atom. The summed E-state index contributed by atoms with van der Waals surface area (Å²) in [5.74, 6) is 0.953. The molecule has 1 aromatic heterocycles. The van der Waals surface area contributed by atoms with Gasteiger partial charge in [0.15, 0.2) is 0 Å². The van der Waals surface area contributed by atoms with Crippen molar-refractivity contribution in [3.05, 3.63) is 12.4 Å². The van der Waals surface area contributed by atoms with Crippen LogP contribution in [0.2, 0.25) is 0 Å². The van der Waals surface area contributed by atoms with Crippen molar-refractivity contribution in [1.82, 2.24) is 25.2 Å². The number of hydrogen-bond acceptors (Lipinski definition) is 4. The van der Waals surface area contributed by atoms with Crippen LogP contribution in [0.25, 0.3) is 0 Å². The summed E-state index contributed by atoms with van der Waals surface area (Å²) < 4.78 is 1.73. The number of carbonyl (C=O) groups is 1. The van der Waals surface area contributed by atoms with E-state index in [0.717, 1.165) is 19.6 Å². The predicted octanol–water partition coefficient (Wildman–Crippen LogP) is 0.659. The molecule has 0 unspecified atom stereocenters. The Morgan fingerprint density at radius 1 is 1.30 bits per heavy atom. The molecule has 1 N–H and O–H groups in total. The zero-order valence-electron chi connectivity index (χ0n) is 11.9. The molecule has 6 heteroatoms. The second-order valence-corrected chi connectivity index (χ2v) is 5.89. The Balaban J connectivity index is 1.51. The SMILES string of the molecule is O=C(CCn1ccnn1)N(CC1CCNCC1)C1CC1. The molecule has 1 saturated heterocycles. The molecule has 2 aliphatic rings. The Labute approximate surface area is 119 Å². The van der Waals surface area contributed by atoms with Gasteiger partial charge in [-0.3, -0.25) is 9.48 Å². The van der Waals surface area contributed by atoms with E-state index in [4.69, 9.17) is 0 Å². The lowest BCUT2D eigenvalue weighted by atomic mass is 9.97. The molecule has 2 heterocycles. The lowest BCUT2D eigenvalue weighted by molar-refractivity contribution is -0.132. The van der Waals surface area contributed by atoms with Gasteiger partial charge in [0.05, 0.1) is 12.7 Å². The van der Waals surface area contributed by atoms with Gasteiger partial charge < -0.3 is 10.2 Å². The summed E-state index contributed by atoms with van der Waals surface area (Å²) in [6.07, 6.45) is 8.74. The average Bonchev–Trinajstić information content (AvgIpc) is 3.19. The lowest BCUT2D eigenvalue weighted by Crippen LogP contribution is -2.40. The minimum absolute atomic E-state index is 0.279. The van der Waals surface area contributed by atoms with E-state index in [-0.39, 0.29) is 5.91 Å². The van der Waals surface area contributed by atoms with Gasteiger partial charge in [0.2, 0.25) is 5.91 Å². The second-order valence-electron chi connectivity index (χ2n) is 5.89. The molecule has 1 aliphatic carbocycles. The van der Waals surface area contributed by atoms with E-state index in [1.165, 1.54) is 25.7 Å². The first kappa shape index (κ1) is 13.5. The Kier molecular flexibility index (Phi) is 4.30. The van der Waals surface area contributed by atoms with Crippen molar-refractivity contribution in [2.75, 3.05) is 19.6 Å². The first-order valence-electron chi connectivity index (χ1n) is 7.67. The minimum Gasteiger partial charge on any atom is -0.339 e. The molecule has 2 fully saturated rings. The van der Waals surface area contributed by atoms with Crippen LogP contribution in [0.1, 0.15) is 32.1 Å². The first-order valence-corrected chi connectivity index (χ1v) is 7.67. The molecule has 0 radical (unpaired) electrons. The van der Waals surface area contributed by atoms with E-state index >= 15 is 0 Å². The topological polar surface area (TPSA) is 63.1 Å². The summed E-state index contributed by atoms with van der Waals surface area (Å²) in [5.41, 5.74) is 0. The molecule has 0 aromatic carbocycles. The molecule has 1 aliphatic heterocycles. The zero-order chi connectivity index (χ0) is 13.8. The molecule has 110 valence electrons. The molecule has 1 saturated carbocycles. The lowest BCUT2D eigenvalue weighted by Gasteiger charge is -2.30. The van der Waals surface area contributed by atoms with E-state index in [1.807, 2.05) is 6.20 Å². The van der Waals surface area contributed by atoms with Crippen molar-refractivity contribution in [2.45, 2.75) is 44.7 Å². The van der Waals surface area contributed by atoms with E-state index in [2.05, 4.69) is 20.5 Å². The summed E-state index contributed by atoms with van der Waals surface area (Å²) in [6.45, 7) is 3.77. The molecule has 20 heavy (non-hydrogen) atoms. The molecule has 0 atom stereocenters. The van der Waals surface area contributed by atoms with Crippen LogP contribution in [0.4, 0.5) is 0 Å². The van der Waals surface area contributed by atoms with Crippen LogP contribution in [0, 0.1) is 5.92 Å². The molecular formula is C14H23N5O. The van der Waals surface area contributed by atoms with Crippen molar-refractivity contribution in [1.29, 1.82) is 0 Å². The number of nitrogens with one attached hydrogen (secondary N) is 1. The predicted molar refractivity (Wildman–Crippen MR) is 75.0 cm³/mol. The number of piperidine rings is 1. The van der Waals surface area contributed by atoms with Gasteiger partial charge in [-0.1, -0.05) is 5.21 Å². The Hall–Kier alpha value is -1.43. The highest BCUT2D eigenvalue weighted by molar-refractivity contribution is 5.76. The highest BCUT2D eigenvalue weighted by atomic mass is 16.2. The van der Waals surface area contributed by atoms with Crippen LogP contribution in [-0.2, 0) is 11.3 Å². The molecule has 3 rings (SSSR count). The van der Waals surface area contributed by atoms with E-state index in [1.54, 1.807) is 10.9 Å². The van der Waals surface area contributed by atoms with Crippen LogP contribution >= 0.6 is 0 Å². The highest BCUT2D eigenvalue weighted by Gasteiger charge is 2.33. The first-order chi connectivity index (χ1) is 9.83. The maximum atomic E-state index is 12.4. The number of aryl methyl sites for hydroxylation is 1. The maximum absolute atomic E-state index is 12.4. The third-order valence-electron chi connectivity index (χ3n) is 4.25. The van der Waals surface area contributed by atoms with Crippen molar-refractivity contribution < 1.29 is 4.79 Å². The maximum Gasteiger partial charge on any atom is 0.224 e. The number of rotatable bonds is 6. The molecule has 6 nitrogen and oxygen atoms in total. The van der Waals surface area contributed by atoms with E-state index < -0.39 is 0 Å². The molecule has 0 bridgehead atoms. The number of amides is 1. The van der Waals surface area contributed by atoms with Crippen molar-refractivity contribution >= 4 is 5.91 Å². The van der Waals surface area contributed by atoms with Crippen LogP contribution in [0.15, 0.2) is 12.4 Å². The quantitative estimate of drug-likeness (QED) is 0.829. The fourth-order valence-corrected chi connectivity index (χ4v) is 2.89. The van der Waals surface area contributed by atoms with Crippen LogP contribution in [-0.4, -0.2) is 51.5 Å². The summed E-state index contributed by atoms with van der Waals surface area (Å²) in [7, 11) is 0. The van der Waals surface area contributed by atoms with Crippen LogP contribution in [0.5, 0.6) is 0 Å². The van der Waals surface area contributed by atoms with Crippen LogP contribution < -0.4 is 5.32 Å². The molecule has 1 amide bonds. The largest absolute Gasteiger partial charge is 0.339 e. The number of nitrogens with zero attached hydrogens (tertiary/aromatic N) is 4. The number of aromatic nitrogens is 3. The highest BCUT2D eigenvalue weighted by Crippen LogP contribution is 2.29. The van der Waals surface area contributed by atoms with Gasteiger partial charge in [0, 0.05) is 25.2 Å². The van der Waals surface area contributed by atoms with Crippen molar-refractivity contribution in [3.63, 3.8) is 0 Å². The van der Waals surface area contributed by atoms with Crippen molar-refractivity contribution in [3.8, 4) is 0 Å². The number of hydrogen-bond donors (Lipinski definition) is 1. The zero-order valence-corrected chi connectivity index (χ0v) is 11.9. The summed E-state index contributed by atoms with van der Waals surface area (Å²) >= 11 is 0. The molecule has 0 spiro atoms. The average molecular weight is 277 g/mol. The summed E-state index contributed by atoms with van der Waals surface area (Å²) in [4.78, 5) is 14.6. The molecular weight excluding hydrogens is 254 g/mol. The van der Waals surface area contributed by atoms with Gasteiger partial charge in [-0.05, 0) is 44.7 Å². The minimum atomic E-state index is 0.279. The van der Waals surface area contributed by atoms with Gasteiger partial charge in [-0.25, -0.2) is 0 Å².